The Balaban J connectivity index is 0.00000186. The van der Waals surface area contributed by atoms with E-state index in [1.165, 1.54) is 0 Å². The van der Waals surface area contributed by atoms with Gasteiger partial charge >= 0.3 is 12.1 Å². The Kier molecular flexibility index (Phi) is 9.68. The quantitative estimate of drug-likeness (QED) is 0.623. The highest BCUT2D eigenvalue weighted by Crippen LogP contribution is 2.31. The number of hydrogen-bond donors (Lipinski definition) is 2. The topological polar surface area (TPSA) is 109 Å². The Hall–Kier alpha value is -3.40. The molecule has 1 aromatic carbocycles. The number of benzene rings is 1. The molecule has 0 saturated carbocycles. The molecule has 0 atom stereocenters. The van der Waals surface area contributed by atoms with E-state index in [0.29, 0.717) is 50.8 Å². The molecule has 3 heterocycles. The number of ether oxygens (including phenoxy) is 2. The van der Waals surface area contributed by atoms with Crippen molar-refractivity contribution >= 4 is 23.6 Å². The fourth-order valence-corrected chi connectivity index (χ4v) is 4.08. The molecule has 202 valence electrons. The molecule has 1 fully saturated rings. The van der Waals surface area contributed by atoms with Crippen molar-refractivity contribution in [3.8, 4) is 11.4 Å². The molecule has 37 heavy (non-hydrogen) atoms. The Bertz CT molecular complexity index is 1060. The summed E-state index contributed by atoms with van der Waals surface area (Å²) in [5, 5.41) is 5.52. The third kappa shape index (κ3) is 7.55. The van der Waals surface area contributed by atoms with Crippen LogP contribution in [0.3, 0.4) is 0 Å². The number of urea groups is 1. The lowest BCUT2D eigenvalue weighted by molar-refractivity contribution is 0.0222. The molecular formula is C27H40N6O4. The van der Waals surface area contributed by atoms with E-state index < -0.39 is 5.60 Å². The van der Waals surface area contributed by atoms with Gasteiger partial charge in [-0.25, -0.2) is 19.6 Å². The molecule has 3 amide bonds. The van der Waals surface area contributed by atoms with Crippen molar-refractivity contribution in [3.63, 3.8) is 0 Å². The number of hydrogen-bond acceptors (Lipinski definition) is 7. The Morgan fingerprint density at radius 3 is 2.35 bits per heavy atom. The van der Waals surface area contributed by atoms with Crippen LogP contribution in [0.1, 0.15) is 52.8 Å². The zero-order valence-corrected chi connectivity index (χ0v) is 22.9. The maximum absolute atomic E-state index is 12.7. The van der Waals surface area contributed by atoms with Crippen LogP contribution in [0.5, 0.6) is 0 Å². The number of morpholine rings is 1. The van der Waals surface area contributed by atoms with E-state index in [2.05, 4.69) is 15.5 Å². The number of carbonyl (C=O) groups is 2. The second-order valence-electron chi connectivity index (χ2n) is 9.61. The van der Waals surface area contributed by atoms with Gasteiger partial charge in [-0.3, -0.25) is 0 Å². The summed E-state index contributed by atoms with van der Waals surface area (Å²) >= 11 is 0. The zero-order valence-electron chi connectivity index (χ0n) is 22.9. The molecule has 1 aromatic heterocycles. The lowest BCUT2D eigenvalue weighted by Crippen LogP contribution is -2.42. The minimum atomic E-state index is -0.553. The van der Waals surface area contributed by atoms with Gasteiger partial charge in [0.05, 0.1) is 25.5 Å². The van der Waals surface area contributed by atoms with Crippen molar-refractivity contribution in [1.82, 2.24) is 20.2 Å². The molecule has 2 aliphatic heterocycles. The molecule has 2 aliphatic rings. The average molecular weight is 513 g/mol. The van der Waals surface area contributed by atoms with Crippen LogP contribution in [0.25, 0.3) is 11.4 Å². The van der Waals surface area contributed by atoms with Crippen LogP contribution in [0.15, 0.2) is 24.3 Å². The van der Waals surface area contributed by atoms with Crippen molar-refractivity contribution in [3.05, 3.63) is 35.5 Å². The van der Waals surface area contributed by atoms with Gasteiger partial charge < -0.3 is 29.9 Å². The fourth-order valence-electron chi connectivity index (χ4n) is 4.08. The molecule has 0 bridgehead atoms. The first kappa shape index (κ1) is 28.2. The molecule has 4 rings (SSSR count). The van der Waals surface area contributed by atoms with Gasteiger partial charge in [-0.2, -0.15) is 0 Å². The van der Waals surface area contributed by atoms with Crippen molar-refractivity contribution in [1.29, 1.82) is 0 Å². The molecule has 2 N–H and O–H groups in total. The van der Waals surface area contributed by atoms with Gasteiger partial charge in [0.1, 0.15) is 11.4 Å². The number of fused-ring (bicyclic) bond motifs is 1. The second kappa shape index (κ2) is 12.7. The Morgan fingerprint density at radius 1 is 1.05 bits per heavy atom. The predicted octanol–water partition coefficient (Wildman–Crippen LogP) is 4.44. The molecule has 2 aromatic rings. The van der Waals surface area contributed by atoms with E-state index in [9.17, 15) is 9.59 Å². The highest BCUT2D eigenvalue weighted by atomic mass is 16.6. The lowest BCUT2D eigenvalue weighted by Gasteiger charge is -2.35. The number of carbonyl (C=O) groups excluding carboxylic acids is 2. The Morgan fingerprint density at radius 2 is 1.73 bits per heavy atom. The van der Waals surface area contributed by atoms with Crippen molar-refractivity contribution < 1.29 is 19.1 Å². The van der Waals surface area contributed by atoms with Gasteiger partial charge in [0.15, 0.2) is 5.82 Å². The van der Waals surface area contributed by atoms with Crippen LogP contribution in [-0.2, 0) is 22.4 Å². The monoisotopic (exact) mass is 512 g/mol. The van der Waals surface area contributed by atoms with E-state index >= 15 is 0 Å². The van der Waals surface area contributed by atoms with Gasteiger partial charge in [-0.05, 0) is 52.0 Å². The summed E-state index contributed by atoms with van der Waals surface area (Å²) in [6, 6.07) is 7.25. The van der Waals surface area contributed by atoms with E-state index in [1.54, 1.807) is 4.90 Å². The molecule has 0 radical (unpaired) electrons. The normalized spacial score (nSPS) is 15.2. The second-order valence-corrected chi connectivity index (χ2v) is 9.61. The van der Waals surface area contributed by atoms with Crippen molar-refractivity contribution in [2.75, 3.05) is 49.6 Å². The molecule has 0 aliphatic carbocycles. The molecule has 1 saturated heterocycles. The van der Waals surface area contributed by atoms with Crippen LogP contribution >= 0.6 is 0 Å². The summed E-state index contributed by atoms with van der Waals surface area (Å²) in [6.07, 6.45) is 0.300. The lowest BCUT2D eigenvalue weighted by atomic mass is 10.0. The van der Waals surface area contributed by atoms with E-state index in [0.717, 1.165) is 35.7 Å². The summed E-state index contributed by atoms with van der Waals surface area (Å²) in [5.41, 5.74) is 2.91. The first-order valence-corrected chi connectivity index (χ1v) is 13.1. The van der Waals surface area contributed by atoms with Gasteiger partial charge in [0.25, 0.3) is 0 Å². The van der Waals surface area contributed by atoms with Crippen LogP contribution in [0.4, 0.5) is 21.1 Å². The van der Waals surface area contributed by atoms with Gasteiger partial charge in [-0.1, -0.05) is 13.8 Å². The van der Waals surface area contributed by atoms with Gasteiger partial charge in [0, 0.05) is 49.4 Å². The fraction of sp³-hybridized carbons (Fsp3) is 0.556. The maximum atomic E-state index is 12.7. The summed E-state index contributed by atoms with van der Waals surface area (Å²) in [7, 11) is 0. The van der Waals surface area contributed by atoms with Gasteiger partial charge in [0.2, 0.25) is 0 Å². The highest BCUT2D eigenvalue weighted by molar-refractivity contribution is 5.89. The molecule has 10 heteroatoms. The number of nitrogens with one attached hydrogen (secondary N) is 2. The van der Waals surface area contributed by atoms with E-state index in [4.69, 9.17) is 19.4 Å². The largest absolute Gasteiger partial charge is 0.444 e. The van der Waals surface area contributed by atoms with Gasteiger partial charge in [-0.15, -0.1) is 0 Å². The third-order valence-corrected chi connectivity index (χ3v) is 5.74. The number of aromatic nitrogens is 2. The van der Waals surface area contributed by atoms with E-state index in [1.807, 2.05) is 65.8 Å². The summed E-state index contributed by atoms with van der Waals surface area (Å²) in [5.74, 6) is 1.46. The molecule has 0 unspecified atom stereocenters. The number of amides is 3. The summed E-state index contributed by atoms with van der Waals surface area (Å²) < 4.78 is 11.1. The standard InChI is InChI=1S/C25H34N6O4.C2H6/c1-5-26-23(32)27-18-8-6-17(7-9-18)21-28-20-10-11-31(24(33)35-25(2,3)4)16-19(20)22(29-21)30-12-14-34-15-13-30;1-2/h6-9H,5,10-16H2,1-4H3,(H2,26,27,32);1-2H3. The molecular weight excluding hydrogens is 472 g/mol. The third-order valence-electron chi connectivity index (χ3n) is 5.74. The van der Waals surface area contributed by atoms with Crippen LogP contribution < -0.4 is 15.5 Å². The SMILES string of the molecule is CC.CCNC(=O)Nc1ccc(-c2nc3c(c(N4CCOCC4)n2)CN(C(=O)OC(C)(C)C)CC3)cc1. The molecule has 10 nitrogen and oxygen atoms in total. The zero-order chi connectivity index (χ0) is 27.0. The summed E-state index contributed by atoms with van der Waals surface area (Å²) in [6.45, 7) is 15.7. The first-order chi connectivity index (χ1) is 17.7. The average Bonchev–Trinajstić information content (AvgIpc) is 2.89. The molecule has 0 spiro atoms. The first-order valence-electron chi connectivity index (χ1n) is 13.1. The van der Waals surface area contributed by atoms with Crippen molar-refractivity contribution in [2.24, 2.45) is 0 Å². The summed E-state index contributed by atoms with van der Waals surface area (Å²) in [4.78, 5) is 38.3. The predicted molar refractivity (Wildman–Crippen MR) is 145 cm³/mol. The number of rotatable bonds is 4. The van der Waals surface area contributed by atoms with Crippen LogP contribution in [0.2, 0.25) is 0 Å². The Labute approximate surface area is 219 Å². The minimum absolute atomic E-state index is 0.241. The van der Waals surface area contributed by atoms with Crippen molar-refractivity contribution in [2.45, 2.75) is 60.1 Å². The minimum Gasteiger partial charge on any atom is -0.444 e. The number of nitrogens with zero attached hydrogens (tertiary/aromatic N) is 4. The van der Waals surface area contributed by atoms with E-state index in [-0.39, 0.29) is 12.1 Å². The van der Waals surface area contributed by atoms with Crippen LogP contribution in [-0.4, -0.2) is 72.0 Å². The smallest absolute Gasteiger partial charge is 0.410 e. The highest BCUT2D eigenvalue weighted by Gasteiger charge is 2.30. The number of anilines is 2. The van der Waals surface area contributed by atoms with Crippen LogP contribution in [0, 0.1) is 0 Å². The maximum Gasteiger partial charge on any atom is 0.410 e.